The molecule has 242 valence electrons. The first-order valence-electron chi connectivity index (χ1n) is 14.0. The summed E-state index contributed by atoms with van der Waals surface area (Å²) in [6.07, 6.45) is 0.719. The first-order valence-corrected chi connectivity index (χ1v) is 14.0. The molecule has 2 rings (SSSR count). The second-order valence-corrected chi connectivity index (χ2v) is 10.1. The second kappa shape index (κ2) is 18.8. The molecule has 0 fully saturated rings. The Hall–Kier alpha value is -4.69. The van der Waals surface area contributed by atoms with Gasteiger partial charge >= 0.3 is 30.2 Å². The minimum atomic E-state index is -0.990. The molecule has 1 heterocycles. The van der Waals surface area contributed by atoms with E-state index >= 15 is 0 Å². The smallest absolute Gasteiger partial charge is 0.466 e. The summed E-state index contributed by atoms with van der Waals surface area (Å²) in [6, 6.07) is 8.94. The largest absolute Gasteiger partial charge is 0.508 e. The molecule has 0 aliphatic heterocycles. The van der Waals surface area contributed by atoms with Crippen LogP contribution in [0.25, 0.3) is 0 Å². The number of hydrogen-bond donors (Lipinski definition) is 0. The predicted molar refractivity (Wildman–Crippen MR) is 150 cm³/mol. The number of ether oxygens (including phenoxy) is 7. The van der Waals surface area contributed by atoms with E-state index in [-0.39, 0.29) is 52.7 Å². The Labute approximate surface area is 255 Å². The number of benzene rings is 1. The summed E-state index contributed by atoms with van der Waals surface area (Å²) in [7, 11) is 0. The minimum Gasteiger partial charge on any atom is -0.466 e. The monoisotopic (exact) mass is 621 g/mol. The van der Waals surface area contributed by atoms with Crippen molar-refractivity contribution in [2.24, 2.45) is 5.41 Å². The molecule has 0 spiro atoms. The lowest BCUT2D eigenvalue weighted by Gasteiger charge is -2.28. The van der Waals surface area contributed by atoms with Gasteiger partial charge < -0.3 is 33.2 Å². The van der Waals surface area contributed by atoms with Crippen LogP contribution in [0.4, 0.5) is 9.59 Å². The highest BCUT2D eigenvalue weighted by molar-refractivity contribution is 5.76. The van der Waals surface area contributed by atoms with Gasteiger partial charge in [-0.3, -0.25) is 14.4 Å². The van der Waals surface area contributed by atoms with Crippen molar-refractivity contribution in [3.63, 3.8) is 0 Å². The zero-order valence-corrected chi connectivity index (χ0v) is 25.4. The van der Waals surface area contributed by atoms with Crippen molar-refractivity contribution in [2.45, 2.75) is 59.6 Å². The number of carbonyl (C=O) groups is 5. The molecular formula is C29H39N3O12. The summed E-state index contributed by atoms with van der Waals surface area (Å²) in [5.74, 6) is -1.35. The maximum absolute atomic E-state index is 13.0. The van der Waals surface area contributed by atoms with Crippen LogP contribution < -0.4 is 0 Å². The predicted octanol–water partition coefficient (Wildman–Crippen LogP) is 3.54. The van der Waals surface area contributed by atoms with Gasteiger partial charge in [0, 0.05) is 26.7 Å². The molecule has 1 unspecified atom stereocenters. The zero-order chi connectivity index (χ0) is 32.4. The topological polar surface area (TPSA) is 181 Å². The van der Waals surface area contributed by atoms with E-state index in [0.717, 1.165) is 5.56 Å². The van der Waals surface area contributed by atoms with Crippen molar-refractivity contribution < 1.29 is 57.1 Å². The molecule has 0 amide bonds. The molecule has 15 nitrogen and oxygen atoms in total. The highest BCUT2D eigenvalue weighted by Crippen LogP contribution is 2.33. The molecule has 1 aromatic carbocycles. The Morgan fingerprint density at radius 1 is 0.727 bits per heavy atom. The molecule has 0 aliphatic rings. The summed E-state index contributed by atoms with van der Waals surface area (Å²) in [4.78, 5) is 58.0. The lowest BCUT2D eigenvalue weighted by molar-refractivity contribution is -0.156. The summed E-state index contributed by atoms with van der Waals surface area (Å²) >= 11 is 0. The minimum absolute atomic E-state index is 0.0129. The Morgan fingerprint density at radius 2 is 1.25 bits per heavy atom. The van der Waals surface area contributed by atoms with Crippen LogP contribution in [0.2, 0.25) is 0 Å². The van der Waals surface area contributed by atoms with Crippen LogP contribution in [0.5, 0.6) is 0 Å². The third kappa shape index (κ3) is 14.0. The van der Waals surface area contributed by atoms with Crippen molar-refractivity contribution >= 4 is 30.2 Å². The quantitative estimate of drug-likeness (QED) is 0.134. The van der Waals surface area contributed by atoms with Crippen molar-refractivity contribution in [1.82, 2.24) is 15.0 Å². The molecule has 0 saturated heterocycles. The summed E-state index contributed by atoms with van der Waals surface area (Å²) in [6.45, 7) is 5.74. The molecular weight excluding hydrogens is 582 g/mol. The van der Waals surface area contributed by atoms with E-state index in [4.69, 9.17) is 33.2 Å². The SMILES string of the molecule is CC(=O)OCCCOC(=O)OCCOC(=O)C(C)(C)CC(c1ccccc1)n1cc(COC(=O)OCCCOC(C)=O)nn1. The van der Waals surface area contributed by atoms with Gasteiger partial charge in [-0.25, -0.2) is 14.3 Å². The first kappa shape index (κ1) is 35.5. The molecule has 1 aromatic heterocycles. The highest BCUT2D eigenvalue weighted by Gasteiger charge is 2.34. The van der Waals surface area contributed by atoms with Gasteiger partial charge in [0.2, 0.25) is 0 Å². The van der Waals surface area contributed by atoms with Gasteiger partial charge in [-0.15, -0.1) is 5.10 Å². The number of hydrogen-bond acceptors (Lipinski definition) is 14. The fourth-order valence-corrected chi connectivity index (χ4v) is 3.67. The van der Waals surface area contributed by atoms with Crippen molar-refractivity contribution in [1.29, 1.82) is 0 Å². The van der Waals surface area contributed by atoms with Crippen LogP contribution in [0.3, 0.4) is 0 Å². The van der Waals surface area contributed by atoms with Gasteiger partial charge in [0.05, 0.1) is 44.1 Å². The number of rotatable bonds is 18. The van der Waals surface area contributed by atoms with Gasteiger partial charge in [0.15, 0.2) is 0 Å². The average Bonchev–Trinajstić information content (AvgIpc) is 3.45. The van der Waals surface area contributed by atoms with E-state index < -0.39 is 41.7 Å². The molecule has 0 radical (unpaired) electrons. The maximum Gasteiger partial charge on any atom is 0.508 e. The average molecular weight is 622 g/mol. The van der Waals surface area contributed by atoms with E-state index in [9.17, 15) is 24.0 Å². The molecule has 44 heavy (non-hydrogen) atoms. The Balaban J connectivity index is 1.87. The van der Waals surface area contributed by atoms with E-state index in [1.807, 2.05) is 30.3 Å². The van der Waals surface area contributed by atoms with Crippen LogP contribution >= 0.6 is 0 Å². The Kier molecular flexibility index (Phi) is 15.1. The lowest BCUT2D eigenvalue weighted by atomic mass is 9.83. The van der Waals surface area contributed by atoms with E-state index in [1.54, 1.807) is 24.7 Å². The number of nitrogens with zero attached hydrogens (tertiary/aromatic N) is 3. The van der Waals surface area contributed by atoms with Crippen LogP contribution in [0, 0.1) is 5.41 Å². The highest BCUT2D eigenvalue weighted by atomic mass is 16.7. The fraction of sp³-hybridized carbons (Fsp3) is 0.552. The molecule has 15 heteroatoms. The van der Waals surface area contributed by atoms with Gasteiger partial charge in [0.25, 0.3) is 0 Å². The molecule has 0 aliphatic carbocycles. The van der Waals surface area contributed by atoms with Crippen LogP contribution in [0.1, 0.15) is 64.3 Å². The molecule has 2 aromatic rings. The van der Waals surface area contributed by atoms with Gasteiger partial charge in [0.1, 0.15) is 25.5 Å². The molecule has 0 N–H and O–H groups in total. The van der Waals surface area contributed by atoms with Crippen molar-refractivity contribution in [3.05, 3.63) is 47.8 Å². The number of aromatic nitrogens is 3. The fourth-order valence-electron chi connectivity index (χ4n) is 3.67. The third-order valence-electron chi connectivity index (χ3n) is 5.82. The van der Waals surface area contributed by atoms with E-state index in [0.29, 0.717) is 18.5 Å². The molecule has 1 atom stereocenters. The summed E-state index contributed by atoms with van der Waals surface area (Å²) < 4.78 is 36.2. The van der Waals surface area contributed by atoms with E-state index in [1.165, 1.54) is 13.8 Å². The Bertz CT molecular complexity index is 1220. The normalized spacial score (nSPS) is 11.5. The molecule has 0 bridgehead atoms. The van der Waals surface area contributed by atoms with Gasteiger partial charge in [-0.05, 0) is 25.8 Å². The Morgan fingerprint density at radius 3 is 1.84 bits per heavy atom. The van der Waals surface area contributed by atoms with Crippen molar-refractivity contribution in [2.75, 3.05) is 39.6 Å². The maximum atomic E-state index is 13.0. The van der Waals surface area contributed by atoms with Crippen molar-refractivity contribution in [3.8, 4) is 0 Å². The standard InChI is InChI=1S/C29H39N3O12/c1-21(33)38-12-8-14-41-27(36)43-17-16-40-26(35)29(3,4)18-25(23-10-6-5-7-11-23)32-19-24(30-31-32)20-44-28(37)42-15-9-13-39-22(2)34/h5-7,10-11,19,25H,8-9,12-18,20H2,1-4H3. The van der Waals surface area contributed by atoms with Gasteiger partial charge in [-0.1, -0.05) is 35.5 Å². The summed E-state index contributed by atoms with van der Waals surface area (Å²) in [5, 5.41) is 8.27. The number of carbonyl (C=O) groups excluding carboxylic acids is 5. The lowest BCUT2D eigenvalue weighted by Crippen LogP contribution is -2.31. The zero-order valence-electron chi connectivity index (χ0n) is 25.4. The first-order chi connectivity index (χ1) is 21.0. The number of esters is 3. The second-order valence-electron chi connectivity index (χ2n) is 10.1. The van der Waals surface area contributed by atoms with Crippen LogP contribution in [-0.2, 0) is 54.1 Å². The molecule has 0 saturated carbocycles. The third-order valence-corrected chi connectivity index (χ3v) is 5.82. The van der Waals surface area contributed by atoms with Crippen LogP contribution in [0.15, 0.2) is 36.5 Å². The summed E-state index contributed by atoms with van der Waals surface area (Å²) in [5.41, 5.74) is 0.229. The van der Waals surface area contributed by atoms with E-state index in [2.05, 4.69) is 10.3 Å². The van der Waals surface area contributed by atoms with Crippen LogP contribution in [-0.4, -0.2) is 84.9 Å². The van der Waals surface area contributed by atoms with Gasteiger partial charge in [-0.2, -0.15) is 0 Å².